The number of ether oxygens (including phenoxy) is 1. The first-order chi connectivity index (χ1) is 18.8. The van der Waals surface area contributed by atoms with Gasteiger partial charge >= 0.3 is 6.18 Å². The molecule has 0 radical (unpaired) electrons. The molecular weight excluding hydrogens is 533 g/mol. The summed E-state index contributed by atoms with van der Waals surface area (Å²) in [6.45, 7) is 3.13. The maximum Gasteiger partial charge on any atom is 0.451 e. The van der Waals surface area contributed by atoms with Crippen LogP contribution in [0, 0.1) is 0 Å². The number of rotatable bonds is 8. The average molecular weight is 563 g/mol. The number of alkyl halides is 3. The molecule has 0 aliphatic carbocycles. The van der Waals surface area contributed by atoms with Gasteiger partial charge in [-0.05, 0) is 63.0 Å². The average Bonchev–Trinajstić information content (AvgIpc) is 3.46. The zero-order valence-electron chi connectivity index (χ0n) is 21.3. The smallest absolute Gasteiger partial charge is 0.376 e. The van der Waals surface area contributed by atoms with Gasteiger partial charge < -0.3 is 15.4 Å². The van der Waals surface area contributed by atoms with Gasteiger partial charge in [-0.1, -0.05) is 18.0 Å². The number of anilines is 1. The molecule has 2 aromatic heterocycles. The Labute approximate surface area is 229 Å². The van der Waals surface area contributed by atoms with Crippen molar-refractivity contribution in [3.63, 3.8) is 0 Å². The number of piperidine rings is 1. The van der Waals surface area contributed by atoms with Gasteiger partial charge in [-0.15, -0.1) is 0 Å². The van der Waals surface area contributed by atoms with E-state index in [-0.39, 0.29) is 29.6 Å². The second-order valence-electron chi connectivity index (χ2n) is 9.86. The van der Waals surface area contributed by atoms with Crippen molar-refractivity contribution in [3.8, 4) is 0 Å². The van der Waals surface area contributed by atoms with E-state index in [0.29, 0.717) is 34.4 Å². The molecule has 12 heteroatoms. The number of aromatic nitrogens is 3. The van der Waals surface area contributed by atoms with E-state index in [4.69, 9.17) is 16.3 Å². The Morgan fingerprint density at radius 1 is 1.10 bits per heavy atom. The minimum absolute atomic E-state index is 0.161. The molecule has 0 spiro atoms. The number of likely N-dealkylation sites (tertiary alicyclic amines) is 1. The lowest BCUT2D eigenvalue weighted by atomic mass is 10.0. The second-order valence-corrected chi connectivity index (χ2v) is 10.3. The first-order valence-corrected chi connectivity index (χ1v) is 13.5. The van der Waals surface area contributed by atoms with Gasteiger partial charge in [0.2, 0.25) is 5.82 Å². The van der Waals surface area contributed by atoms with E-state index in [2.05, 4.69) is 30.5 Å². The number of hydrogen-bond donors (Lipinski definition) is 2. The fourth-order valence-electron chi connectivity index (χ4n) is 5.15. The Morgan fingerprint density at radius 2 is 1.87 bits per heavy atom. The molecule has 5 rings (SSSR count). The molecule has 4 heterocycles. The lowest BCUT2D eigenvalue weighted by Gasteiger charge is -2.34. The Hall–Kier alpha value is -3.02. The summed E-state index contributed by atoms with van der Waals surface area (Å²) < 4.78 is 44.7. The molecule has 2 aliphatic heterocycles. The topological polar surface area (TPSA) is 92.3 Å². The first-order valence-electron chi connectivity index (χ1n) is 13.2. The van der Waals surface area contributed by atoms with E-state index >= 15 is 0 Å². The van der Waals surface area contributed by atoms with Gasteiger partial charge in [-0.25, -0.2) is 15.0 Å². The Kier molecular flexibility index (Phi) is 8.49. The summed E-state index contributed by atoms with van der Waals surface area (Å²) >= 11 is 6.47. The highest BCUT2D eigenvalue weighted by Crippen LogP contribution is 2.30. The third-order valence-corrected chi connectivity index (χ3v) is 7.49. The molecule has 1 aromatic carbocycles. The minimum Gasteiger partial charge on any atom is -0.376 e. The summed E-state index contributed by atoms with van der Waals surface area (Å²) in [6, 6.07) is 6.65. The van der Waals surface area contributed by atoms with Gasteiger partial charge in [0.15, 0.2) is 0 Å². The highest BCUT2D eigenvalue weighted by Gasteiger charge is 2.35. The van der Waals surface area contributed by atoms with Gasteiger partial charge in [-0.3, -0.25) is 9.69 Å². The normalized spacial score (nSPS) is 19.2. The molecule has 2 atom stereocenters. The van der Waals surface area contributed by atoms with Crippen molar-refractivity contribution in [2.24, 2.45) is 0 Å². The fourth-order valence-corrected chi connectivity index (χ4v) is 5.40. The van der Waals surface area contributed by atoms with Gasteiger partial charge in [-0.2, -0.15) is 13.2 Å². The van der Waals surface area contributed by atoms with Crippen LogP contribution in [-0.4, -0.2) is 64.6 Å². The molecule has 2 fully saturated rings. The molecule has 8 nitrogen and oxygen atoms in total. The number of amides is 1. The summed E-state index contributed by atoms with van der Waals surface area (Å²) in [4.78, 5) is 27.3. The van der Waals surface area contributed by atoms with E-state index in [1.807, 2.05) is 6.07 Å². The number of carbonyl (C=O) groups excluding carboxylic acids is 1. The van der Waals surface area contributed by atoms with Gasteiger partial charge in [0.25, 0.3) is 5.91 Å². The van der Waals surface area contributed by atoms with Crippen LogP contribution in [0.3, 0.4) is 0 Å². The van der Waals surface area contributed by atoms with E-state index < -0.39 is 12.0 Å². The maximum atomic E-state index is 13.4. The fraction of sp³-hybridized carbons (Fsp3) is 0.481. The summed E-state index contributed by atoms with van der Waals surface area (Å²) in [7, 11) is 0. The molecule has 0 bridgehead atoms. The first kappa shape index (κ1) is 27.5. The highest BCUT2D eigenvalue weighted by atomic mass is 35.5. The Bertz CT molecular complexity index is 1300. The third kappa shape index (κ3) is 6.59. The summed E-state index contributed by atoms with van der Waals surface area (Å²) in [6.07, 6.45) is 3.02. The molecule has 3 aromatic rings. The van der Waals surface area contributed by atoms with Gasteiger partial charge in [0.05, 0.1) is 28.2 Å². The van der Waals surface area contributed by atoms with E-state index in [1.165, 1.54) is 12.4 Å². The van der Waals surface area contributed by atoms with E-state index in [9.17, 15) is 18.0 Å². The predicted molar refractivity (Wildman–Crippen MR) is 142 cm³/mol. The lowest BCUT2D eigenvalue weighted by Crippen LogP contribution is -2.41. The van der Waals surface area contributed by atoms with E-state index in [0.717, 1.165) is 51.8 Å². The zero-order valence-corrected chi connectivity index (χ0v) is 22.1. The molecule has 2 saturated heterocycles. The zero-order chi connectivity index (χ0) is 27.4. The minimum atomic E-state index is -4.62. The number of fused-ring (bicyclic) bond motifs is 1. The standard InChI is InChI=1S/C27H30ClF3N6O2/c28-20-7-8-21-19(6-9-23(36-21)32-15-18-5-4-12-39-18)24(20)25(38)33-16-22(37-10-2-1-3-11-37)17-13-34-26(35-14-17)27(29,30)31/h6-9,13-14,18,22H,1-5,10-12,15-16H2,(H,32,36)(H,33,38). The molecular formula is C27H30ClF3N6O2. The molecule has 1 amide bonds. The van der Waals surface area contributed by atoms with Crippen molar-refractivity contribution in [2.75, 3.05) is 38.1 Å². The maximum absolute atomic E-state index is 13.4. The summed E-state index contributed by atoms with van der Waals surface area (Å²) in [5.74, 6) is -0.895. The Balaban J connectivity index is 1.33. The van der Waals surface area contributed by atoms with Crippen LogP contribution >= 0.6 is 11.6 Å². The number of carbonyl (C=O) groups is 1. The van der Waals surface area contributed by atoms with Crippen LogP contribution in [0.1, 0.15) is 59.9 Å². The van der Waals surface area contributed by atoms with Crippen molar-refractivity contribution in [3.05, 3.63) is 58.6 Å². The predicted octanol–water partition coefficient (Wildman–Crippen LogP) is 5.24. The van der Waals surface area contributed by atoms with Crippen LogP contribution in [0.15, 0.2) is 36.7 Å². The molecule has 2 N–H and O–H groups in total. The third-order valence-electron chi connectivity index (χ3n) is 7.18. The number of nitrogens with one attached hydrogen (secondary N) is 2. The number of halogens is 4. The largest absolute Gasteiger partial charge is 0.451 e. The van der Waals surface area contributed by atoms with Crippen molar-refractivity contribution in [1.82, 2.24) is 25.2 Å². The molecule has 208 valence electrons. The van der Waals surface area contributed by atoms with Crippen LogP contribution in [0.25, 0.3) is 10.9 Å². The molecule has 0 saturated carbocycles. The lowest BCUT2D eigenvalue weighted by molar-refractivity contribution is -0.145. The highest BCUT2D eigenvalue weighted by molar-refractivity contribution is 6.35. The molecule has 2 unspecified atom stereocenters. The van der Waals surface area contributed by atoms with Crippen LogP contribution in [-0.2, 0) is 10.9 Å². The monoisotopic (exact) mass is 562 g/mol. The number of hydrogen-bond acceptors (Lipinski definition) is 7. The van der Waals surface area contributed by atoms with Gasteiger partial charge in [0.1, 0.15) is 5.82 Å². The molecule has 39 heavy (non-hydrogen) atoms. The van der Waals surface area contributed by atoms with Crippen molar-refractivity contribution >= 4 is 34.2 Å². The van der Waals surface area contributed by atoms with Crippen molar-refractivity contribution in [2.45, 2.75) is 50.4 Å². The van der Waals surface area contributed by atoms with Crippen LogP contribution in [0.4, 0.5) is 19.0 Å². The van der Waals surface area contributed by atoms with Crippen LogP contribution in [0.2, 0.25) is 5.02 Å². The molecule has 2 aliphatic rings. The van der Waals surface area contributed by atoms with Crippen molar-refractivity contribution in [1.29, 1.82) is 0 Å². The summed E-state index contributed by atoms with van der Waals surface area (Å²) in [5, 5.41) is 7.13. The van der Waals surface area contributed by atoms with Gasteiger partial charge in [0, 0.05) is 43.0 Å². The SMILES string of the molecule is O=C(NCC(c1cnc(C(F)(F)F)nc1)N1CCCCC1)c1c(Cl)ccc2nc(NCC3CCCO3)ccc12. The van der Waals surface area contributed by atoms with Crippen LogP contribution < -0.4 is 10.6 Å². The number of nitrogens with zero attached hydrogens (tertiary/aromatic N) is 4. The Morgan fingerprint density at radius 3 is 2.56 bits per heavy atom. The van der Waals surface area contributed by atoms with Crippen LogP contribution in [0.5, 0.6) is 0 Å². The van der Waals surface area contributed by atoms with E-state index in [1.54, 1.807) is 18.2 Å². The second kappa shape index (κ2) is 12.0. The summed E-state index contributed by atoms with van der Waals surface area (Å²) in [5.41, 5.74) is 1.43. The number of benzene rings is 1. The number of pyridine rings is 1. The quantitative estimate of drug-likeness (QED) is 0.388. The van der Waals surface area contributed by atoms with Crippen molar-refractivity contribution < 1.29 is 22.7 Å².